The summed E-state index contributed by atoms with van der Waals surface area (Å²) in [5.41, 5.74) is -4.13. The van der Waals surface area contributed by atoms with E-state index in [-0.39, 0.29) is 0 Å². The van der Waals surface area contributed by atoms with Crippen LogP contribution in [0.5, 0.6) is 0 Å². The normalized spacial score (nSPS) is 10.7. The number of ether oxygens (including phenoxy) is 1. The van der Waals surface area contributed by atoms with Crippen LogP contribution in [0, 0.1) is 20.2 Å². The van der Waals surface area contributed by atoms with Gasteiger partial charge in [0.25, 0.3) is 5.69 Å². The van der Waals surface area contributed by atoms with E-state index in [4.69, 9.17) is 9.84 Å². The van der Waals surface area contributed by atoms with Crippen molar-refractivity contribution in [2.45, 2.75) is 26.4 Å². The number of amides is 1. The number of hydrogen-bond donors (Lipinski definition) is 2. The predicted molar refractivity (Wildman–Crippen MR) is 76.6 cm³/mol. The standard InChI is InChI=1S/C12H13N3O8/c1-12(2,3)23-11(18)13-9-7(10(16)17)4-6(14(19)20)5-8(9)15(21)22/h4-5H,1-3H3,(H,13,18)(H,16,17). The quantitative estimate of drug-likeness (QED) is 0.629. The smallest absolute Gasteiger partial charge is 0.412 e. The second-order valence-corrected chi connectivity index (χ2v) is 5.33. The van der Waals surface area contributed by atoms with E-state index < -0.39 is 50.1 Å². The Bertz CT molecular complexity index is 657. The maximum absolute atomic E-state index is 11.7. The Balaban J connectivity index is 3.44. The van der Waals surface area contributed by atoms with Crippen LogP contribution in [0.15, 0.2) is 12.1 Å². The first-order valence-electron chi connectivity index (χ1n) is 6.12. The number of carboxylic acids is 1. The number of nitrogens with one attached hydrogen (secondary N) is 1. The molecule has 0 radical (unpaired) electrons. The number of anilines is 1. The summed E-state index contributed by atoms with van der Waals surface area (Å²) in [6.07, 6.45) is -1.13. The molecule has 0 bridgehead atoms. The van der Waals surface area contributed by atoms with Crippen molar-refractivity contribution in [1.29, 1.82) is 0 Å². The van der Waals surface area contributed by atoms with Crippen LogP contribution in [0.25, 0.3) is 0 Å². The average Bonchev–Trinajstić information content (AvgIpc) is 2.35. The third kappa shape index (κ3) is 4.62. The van der Waals surface area contributed by atoms with Crippen LogP contribution in [-0.4, -0.2) is 32.6 Å². The fourth-order valence-corrected chi connectivity index (χ4v) is 1.57. The molecule has 0 atom stereocenters. The molecule has 11 heteroatoms. The topological polar surface area (TPSA) is 162 Å². The van der Waals surface area contributed by atoms with E-state index in [1.165, 1.54) is 20.8 Å². The second kappa shape index (κ2) is 6.25. The monoisotopic (exact) mass is 327 g/mol. The Morgan fingerprint density at radius 1 is 1.17 bits per heavy atom. The molecule has 124 valence electrons. The van der Waals surface area contributed by atoms with Gasteiger partial charge in [0.1, 0.15) is 11.3 Å². The van der Waals surface area contributed by atoms with Crippen LogP contribution in [0.4, 0.5) is 21.9 Å². The van der Waals surface area contributed by atoms with Crippen molar-refractivity contribution < 1.29 is 29.3 Å². The van der Waals surface area contributed by atoms with E-state index in [0.717, 1.165) is 0 Å². The first-order chi connectivity index (χ1) is 10.4. The zero-order valence-electron chi connectivity index (χ0n) is 12.4. The van der Waals surface area contributed by atoms with E-state index in [1.807, 2.05) is 5.32 Å². The first-order valence-corrected chi connectivity index (χ1v) is 6.12. The Morgan fingerprint density at radius 3 is 2.13 bits per heavy atom. The Labute approximate surface area is 129 Å². The van der Waals surface area contributed by atoms with E-state index in [2.05, 4.69) is 0 Å². The third-order valence-corrected chi connectivity index (χ3v) is 2.37. The number of nitro benzene ring substituents is 2. The molecule has 0 saturated heterocycles. The number of nitro groups is 2. The van der Waals surface area contributed by atoms with Crippen LogP contribution in [-0.2, 0) is 4.74 Å². The summed E-state index contributed by atoms with van der Waals surface area (Å²) in [5, 5.41) is 32.8. The molecule has 0 aliphatic heterocycles. The molecule has 0 aliphatic rings. The lowest BCUT2D eigenvalue weighted by atomic mass is 10.1. The highest BCUT2D eigenvalue weighted by Gasteiger charge is 2.29. The lowest BCUT2D eigenvalue weighted by Crippen LogP contribution is -2.28. The van der Waals surface area contributed by atoms with Gasteiger partial charge in [-0.3, -0.25) is 25.5 Å². The number of benzene rings is 1. The number of hydrogen-bond acceptors (Lipinski definition) is 7. The zero-order valence-corrected chi connectivity index (χ0v) is 12.4. The van der Waals surface area contributed by atoms with Crippen LogP contribution >= 0.6 is 0 Å². The largest absolute Gasteiger partial charge is 0.478 e. The van der Waals surface area contributed by atoms with Crippen molar-refractivity contribution in [3.63, 3.8) is 0 Å². The summed E-state index contributed by atoms with van der Waals surface area (Å²) in [7, 11) is 0. The van der Waals surface area contributed by atoms with Crippen LogP contribution in [0.1, 0.15) is 31.1 Å². The number of rotatable bonds is 4. The van der Waals surface area contributed by atoms with Crippen LogP contribution < -0.4 is 5.32 Å². The Morgan fingerprint density at radius 2 is 1.74 bits per heavy atom. The second-order valence-electron chi connectivity index (χ2n) is 5.33. The van der Waals surface area contributed by atoms with Gasteiger partial charge in [-0.25, -0.2) is 9.59 Å². The lowest BCUT2D eigenvalue weighted by Gasteiger charge is -2.20. The summed E-state index contributed by atoms with van der Waals surface area (Å²) in [6, 6.07) is 1.17. The fraction of sp³-hybridized carbons (Fsp3) is 0.333. The molecular weight excluding hydrogens is 314 g/mol. The molecule has 23 heavy (non-hydrogen) atoms. The van der Waals surface area contributed by atoms with Gasteiger partial charge in [0.05, 0.1) is 21.5 Å². The molecule has 1 rings (SSSR count). The van der Waals surface area contributed by atoms with Gasteiger partial charge in [0.15, 0.2) is 0 Å². The van der Waals surface area contributed by atoms with Crippen molar-refractivity contribution in [2.24, 2.45) is 0 Å². The first kappa shape index (κ1) is 17.8. The molecule has 0 aromatic heterocycles. The van der Waals surface area contributed by atoms with Crippen molar-refractivity contribution in [3.8, 4) is 0 Å². The molecule has 0 fully saturated rings. The minimum absolute atomic E-state index is 0.555. The van der Waals surface area contributed by atoms with Crippen molar-refractivity contribution in [1.82, 2.24) is 0 Å². The van der Waals surface area contributed by atoms with E-state index in [0.29, 0.717) is 12.1 Å². The molecule has 1 aromatic rings. The minimum atomic E-state index is -1.68. The summed E-state index contributed by atoms with van der Waals surface area (Å²) < 4.78 is 4.89. The highest BCUT2D eigenvalue weighted by Crippen LogP contribution is 2.33. The third-order valence-electron chi connectivity index (χ3n) is 2.37. The van der Waals surface area contributed by atoms with Gasteiger partial charge in [-0.1, -0.05) is 0 Å². The number of aromatic carboxylic acids is 1. The average molecular weight is 327 g/mol. The van der Waals surface area contributed by atoms with Gasteiger partial charge in [-0.05, 0) is 20.8 Å². The number of carbonyl (C=O) groups excluding carboxylic acids is 1. The Kier molecular flexibility index (Phi) is 4.84. The molecular formula is C12H13N3O8. The highest BCUT2D eigenvalue weighted by atomic mass is 16.6. The maximum atomic E-state index is 11.7. The van der Waals surface area contributed by atoms with Crippen molar-refractivity contribution in [2.75, 3.05) is 5.32 Å². The van der Waals surface area contributed by atoms with Crippen molar-refractivity contribution in [3.05, 3.63) is 37.9 Å². The number of nitrogens with zero attached hydrogens (tertiary/aromatic N) is 2. The predicted octanol–water partition coefficient (Wildman–Crippen LogP) is 2.55. The summed E-state index contributed by atoms with van der Waals surface area (Å²) in [4.78, 5) is 42.7. The van der Waals surface area contributed by atoms with E-state index >= 15 is 0 Å². The molecule has 0 heterocycles. The van der Waals surface area contributed by atoms with E-state index in [1.54, 1.807) is 0 Å². The lowest BCUT2D eigenvalue weighted by molar-refractivity contribution is -0.393. The number of carbonyl (C=O) groups is 2. The molecule has 0 aliphatic carbocycles. The summed E-state index contributed by atoms with van der Waals surface area (Å²) in [6.45, 7) is 4.61. The fourth-order valence-electron chi connectivity index (χ4n) is 1.57. The molecule has 1 amide bonds. The molecule has 1 aromatic carbocycles. The van der Waals surface area contributed by atoms with Gasteiger partial charge in [0.2, 0.25) is 0 Å². The van der Waals surface area contributed by atoms with Crippen LogP contribution in [0.3, 0.4) is 0 Å². The molecule has 11 nitrogen and oxygen atoms in total. The van der Waals surface area contributed by atoms with Crippen molar-refractivity contribution >= 4 is 29.1 Å². The highest BCUT2D eigenvalue weighted by molar-refractivity contribution is 6.02. The number of carboxylic acid groups (broad SMARTS) is 1. The Hall–Kier alpha value is -3.24. The molecule has 0 spiro atoms. The minimum Gasteiger partial charge on any atom is -0.478 e. The summed E-state index contributed by atoms with van der Waals surface area (Å²) in [5.74, 6) is -1.68. The summed E-state index contributed by atoms with van der Waals surface area (Å²) >= 11 is 0. The molecule has 0 unspecified atom stereocenters. The van der Waals surface area contributed by atoms with Gasteiger partial charge in [-0.2, -0.15) is 0 Å². The molecule has 2 N–H and O–H groups in total. The number of non-ortho nitro benzene ring substituents is 1. The SMILES string of the molecule is CC(C)(C)OC(=O)Nc1c(C(=O)O)cc([N+](=O)[O-])cc1[N+](=O)[O-]. The van der Waals surface area contributed by atoms with Gasteiger partial charge in [-0.15, -0.1) is 0 Å². The van der Waals surface area contributed by atoms with Gasteiger partial charge >= 0.3 is 17.7 Å². The maximum Gasteiger partial charge on any atom is 0.412 e. The molecule has 0 saturated carbocycles. The zero-order chi connectivity index (χ0) is 17.9. The van der Waals surface area contributed by atoms with E-state index in [9.17, 15) is 29.8 Å². The van der Waals surface area contributed by atoms with Gasteiger partial charge < -0.3 is 9.84 Å². The van der Waals surface area contributed by atoms with Gasteiger partial charge in [0, 0.05) is 6.07 Å². The van der Waals surface area contributed by atoms with Crippen LogP contribution in [0.2, 0.25) is 0 Å².